The zero-order chi connectivity index (χ0) is 10.7. The van der Waals surface area contributed by atoms with Crippen LogP contribution in [0.2, 0.25) is 0 Å². The molecule has 0 unspecified atom stereocenters. The molecule has 0 radical (unpaired) electrons. The fraction of sp³-hybridized carbons (Fsp3) is 0.400. The van der Waals surface area contributed by atoms with Crippen molar-refractivity contribution in [3.63, 3.8) is 0 Å². The van der Waals surface area contributed by atoms with E-state index in [1.165, 1.54) is 12.3 Å². The minimum atomic E-state index is -1.33. The number of pyridine rings is 1. The summed E-state index contributed by atoms with van der Waals surface area (Å²) in [6, 6.07) is 1.52. The Morgan fingerprint density at radius 3 is 2.79 bits per heavy atom. The van der Waals surface area contributed by atoms with Crippen LogP contribution < -0.4 is 0 Å². The lowest BCUT2D eigenvalue weighted by molar-refractivity contribution is 0.0684. The number of aromatic carboxylic acids is 1. The van der Waals surface area contributed by atoms with Crippen LogP contribution in [0.3, 0.4) is 0 Å². The van der Waals surface area contributed by atoms with E-state index in [2.05, 4.69) is 4.98 Å². The summed E-state index contributed by atoms with van der Waals surface area (Å²) in [5.41, 5.74) is -0.0875. The molecule has 1 rings (SSSR count). The van der Waals surface area contributed by atoms with Gasteiger partial charge < -0.3 is 5.11 Å². The third-order valence-corrected chi connectivity index (χ3v) is 1.80. The van der Waals surface area contributed by atoms with E-state index in [4.69, 9.17) is 5.11 Å². The SMILES string of the molecule is CC(C)Cc1ccnc(C(=O)O)c1F. The molecule has 0 aromatic carbocycles. The third kappa shape index (κ3) is 2.28. The molecule has 0 atom stereocenters. The lowest BCUT2D eigenvalue weighted by Crippen LogP contribution is -2.08. The summed E-state index contributed by atoms with van der Waals surface area (Å²) in [6.45, 7) is 3.89. The van der Waals surface area contributed by atoms with Crippen molar-refractivity contribution in [3.8, 4) is 0 Å². The molecular formula is C10H12FNO2. The lowest BCUT2D eigenvalue weighted by atomic mass is 10.0. The van der Waals surface area contributed by atoms with Crippen molar-refractivity contribution in [2.75, 3.05) is 0 Å². The molecule has 1 aromatic heterocycles. The topological polar surface area (TPSA) is 50.2 Å². The molecule has 1 N–H and O–H groups in total. The van der Waals surface area contributed by atoms with E-state index in [9.17, 15) is 9.18 Å². The Kier molecular flexibility index (Phi) is 3.17. The van der Waals surface area contributed by atoms with Gasteiger partial charge >= 0.3 is 5.97 Å². The summed E-state index contributed by atoms with van der Waals surface area (Å²) in [6.07, 6.45) is 1.85. The van der Waals surface area contributed by atoms with Crippen molar-refractivity contribution in [2.24, 2.45) is 5.92 Å². The smallest absolute Gasteiger partial charge is 0.357 e. The number of halogens is 1. The van der Waals surface area contributed by atoms with E-state index < -0.39 is 17.5 Å². The first-order valence-electron chi connectivity index (χ1n) is 4.39. The molecule has 0 aliphatic rings. The molecule has 0 bridgehead atoms. The predicted molar refractivity (Wildman–Crippen MR) is 49.7 cm³/mol. The van der Waals surface area contributed by atoms with Crippen LogP contribution in [0.1, 0.15) is 29.9 Å². The minimum Gasteiger partial charge on any atom is -0.476 e. The number of carbonyl (C=O) groups is 1. The number of rotatable bonds is 3. The van der Waals surface area contributed by atoms with Crippen LogP contribution in [-0.2, 0) is 6.42 Å². The standard InChI is InChI=1S/C10H12FNO2/c1-6(2)5-7-3-4-12-9(8(7)11)10(13)14/h3-4,6H,5H2,1-2H3,(H,13,14). The van der Waals surface area contributed by atoms with E-state index in [1.54, 1.807) is 0 Å². The van der Waals surface area contributed by atoms with Gasteiger partial charge in [-0.05, 0) is 24.0 Å². The van der Waals surface area contributed by atoms with Crippen LogP contribution >= 0.6 is 0 Å². The number of aromatic nitrogens is 1. The van der Waals surface area contributed by atoms with E-state index in [1.807, 2.05) is 13.8 Å². The van der Waals surface area contributed by atoms with Crippen LogP contribution in [0, 0.1) is 11.7 Å². The Labute approximate surface area is 81.6 Å². The molecule has 14 heavy (non-hydrogen) atoms. The van der Waals surface area contributed by atoms with Crippen molar-refractivity contribution >= 4 is 5.97 Å². The maximum atomic E-state index is 13.4. The van der Waals surface area contributed by atoms with Crippen molar-refractivity contribution in [3.05, 3.63) is 29.3 Å². The second-order valence-electron chi connectivity index (χ2n) is 3.54. The van der Waals surface area contributed by atoms with Crippen molar-refractivity contribution in [2.45, 2.75) is 20.3 Å². The lowest BCUT2D eigenvalue weighted by Gasteiger charge is -2.06. The molecule has 76 valence electrons. The first-order chi connectivity index (χ1) is 6.52. The normalized spacial score (nSPS) is 10.6. The molecule has 1 heterocycles. The van der Waals surface area contributed by atoms with Crippen molar-refractivity contribution < 1.29 is 14.3 Å². The highest BCUT2D eigenvalue weighted by Crippen LogP contribution is 2.14. The van der Waals surface area contributed by atoms with Crippen LogP contribution in [0.25, 0.3) is 0 Å². The van der Waals surface area contributed by atoms with Gasteiger partial charge in [0.15, 0.2) is 11.5 Å². The summed E-state index contributed by atoms with van der Waals surface area (Å²) in [4.78, 5) is 14.0. The molecular weight excluding hydrogens is 185 g/mol. The summed E-state index contributed by atoms with van der Waals surface area (Å²) in [7, 11) is 0. The Hall–Kier alpha value is -1.45. The van der Waals surface area contributed by atoms with Crippen molar-refractivity contribution in [1.29, 1.82) is 0 Å². The van der Waals surface area contributed by atoms with E-state index >= 15 is 0 Å². The highest BCUT2D eigenvalue weighted by atomic mass is 19.1. The van der Waals surface area contributed by atoms with Gasteiger partial charge in [-0.3, -0.25) is 0 Å². The molecule has 0 aliphatic heterocycles. The molecule has 0 saturated heterocycles. The number of carboxylic acid groups (broad SMARTS) is 1. The Balaban J connectivity index is 3.07. The zero-order valence-electron chi connectivity index (χ0n) is 8.12. The van der Waals surface area contributed by atoms with Gasteiger partial charge in [-0.1, -0.05) is 13.8 Å². The fourth-order valence-corrected chi connectivity index (χ4v) is 1.23. The summed E-state index contributed by atoms with van der Waals surface area (Å²) >= 11 is 0. The average molecular weight is 197 g/mol. The molecule has 0 spiro atoms. The summed E-state index contributed by atoms with van der Waals surface area (Å²) < 4.78 is 13.4. The summed E-state index contributed by atoms with van der Waals surface area (Å²) in [5.74, 6) is -1.75. The monoisotopic (exact) mass is 197 g/mol. The van der Waals surface area contributed by atoms with Gasteiger partial charge in [-0.2, -0.15) is 0 Å². The molecule has 0 aliphatic carbocycles. The third-order valence-electron chi connectivity index (χ3n) is 1.80. The number of nitrogens with zero attached hydrogens (tertiary/aromatic N) is 1. The molecule has 1 aromatic rings. The number of hydrogen-bond acceptors (Lipinski definition) is 2. The van der Waals surface area contributed by atoms with Crippen LogP contribution in [0.5, 0.6) is 0 Å². The van der Waals surface area contributed by atoms with E-state index in [-0.39, 0.29) is 5.92 Å². The molecule has 3 nitrogen and oxygen atoms in total. The highest BCUT2D eigenvalue weighted by Gasteiger charge is 2.15. The van der Waals surface area contributed by atoms with Gasteiger partial charge in [0.1, 0.15) is 0 Å². The van der Waals surface area contributed by atoms with Crippen LogP contribution in [0.15, 0.2) is 12.3 Å². The maximum absolute atomic E-state index is 13.4. The zero-order valence-corrected chi connectivity index (χ0v) is 8.12. The number of hydrogen-bond donors (Lipinski definition) is 1. The quantitative estimate of drug-likeness (QED) is 0.807. The van der Waals surface area contributed by atoms with Gasteiger partial charge in [-0.15, -0.1) is 0 Å². The van der Waals surface area contributed by atoms with Crippen LogP contribution in [0.4, 0.5) is 4.39 Å². The number of carboxylic acids is 1. The van der Waals surface area contributed by atoms with Gasteiger partial charge in [0, 0.05) is 6.20 Å². The molecule has 0 fully saturated rings. The van der Waals surface area contributed by atoms with Gasteiger partial charge in [0.05, 0.1) is 0 Å². The van der Waals surface area contributed by atoms with Gasteiger partial charge in [0.2, 0.25) is 0 Å². The first-order valence-corrected chi connectivity index (χ1v) is 4.39. The Bertz CT molecular complexity index is 350. The highest BCUT2D eigenvalue weighted by molar-refractivity contribution is 5.85. The van der Waals surface area contributed by atoms with E-state index in [0.29, 0.717) is 12.0 Å². The van der Waals surface area contributed by atoms with Crippen LogP contribution in [-0.4, -0.2) is 16.1 Å². The van der Waals surface area contributed by atoms with Crippen molar-refractivity contribution in [1.82, 2.24) is 4.98 Å². The fourth-order valence-electron chi connectivity index (χ4n) is 1.23. The molecule has 4 heteroatoms. The minimum absolute atomic E-state index is 0.286. The van der Waals surface area contributed by atoms with E-state index in [0.717, 1.165) is 0 Å². The van der Waals surface area contributed by atoms with Gasteiger partial charge in [-0.25, -0.2) is 14.2 Å². The second kappa shape index (κ2) is 4.17. The largest absolute Gasteiger partial charge is 0.476 e. The maximum Gasteiger partial charge on any atom is 0.357 e. The first kappa shape index (κ1) is 10.6. The van der Waals surface area contributed by atoms with Gasteiger partial charge in [0.25, 0.3) is 0 Å². The molecule has 0 amide bonds. The summed E-state index contributed by atoms with van der Waals surface area (Å²) in [5, 5.41) is 8.62. The Morgan fingerprint density at radius 2 is 2.29 bits per heavy atom. The second-order valence-corrected chi connectivity index (χ2v) is 3.54. The predicted octanol–water partition coefficient (Wildman–Crippen LogP) is 2.12. The average Bonchev–Trinajstić information content (AvgIpc) is 2.07. The molecule has 0 saturated carbocycles. The Morgan fingerprint density at radius 1 is 1.64 bits per heavy atom.